The van der Waals surface area contributed by atoms with Gasteiger partial charge < -0.3 is 29.0 Å². The van der Waals surface area contributed by atoms with Gasteiger partial charge in [-0.1, -0.05) is 12.1 Å². The van der Waals surface area contributed by atoms with Gasteiger partial charge in [0.25, 0.3) is 11.7 Å². The van der Waals surface area contributed by atoms with E-state index >= 15 is 0 Å². The van der Waals surface area contributed by atoms with E-state index in [2.05, 4.69) is 0 Å². The molecule has 1 aliphatic rings. The second-order valence-electron chi connectivity index (χ2n) is 6.82. The molecular weight excluding hydrogens is 402 g/mol. The predicted molar refractivity (Wildman–Crippen MR) is 113 cm³/mol. The van der Waals surface area contributed by atoms with Crippen LogP contribution in [0.15, 0.2) is 48.0 Å². The van der Waals surface area contributed by atoms with Crippen LogP contribution in [0.2, 0.25) is 0 Å². The average molecular weight is 427 g/mol. The van der Waals surface area contributed by atoms with E-state index in [-0.39, 0.29) is 30.0 Å². The number of ether oxygens (including phenoxy) is 4. The number of Topliss-reactive ketones (excluding diaryl/α,β-unsaturated/α-hetero) is 1. The molecule has 1 saturated heterocycles. The van der Waals surface area contributed by atoms with E-state index in [9.17, 15) is 14.7 Å². The quantitative estimate of drug-likeness (QED) is 0.393. The molecule has 1 N–H and O–H groups in total. The maximum absolute atomic E-state index is 13.0. The monoisotopic (exact) mass is 427 g/mol. The SMILES string of the molecule is COCCN1C(=O)C(=O)/C(=C(\O)c2ccc(OC)cc2OC)C1c1ccc(OC)cc1. The predicted octanol–water partition coefficient (Wildman–Crippen LogP) is 2.78. The Morgan fingerprint density at radius 3 is 2.16 bits per heavy atom. The van der Waals surface area contributed by atoms with Crippen LogP contribution in [0.3, 0.4) is 0 Å². The maximum atomic E-state index is 13.0. The third kappa shape index (κ3) is 4.20. The lowest BCUT2D eigenvalue weighted by atomic mass is 9.95. The maximum Gasteiger partial charge on any atom is 0.295 e. The second-order valence-corrected chi connectivity index (χ2v) is 6.82. The molecule has 8 nitrogen and oxygen atoms in total. The minimum absolute atomic E-state index is 0.0188. The minimum Gasteiger partial charge on any atom is -0.507 e. The zero-order valence-electron chi connectivity index (χ0n) is 17.9. The number of hydrogen-bond donors (Lipinski definition) is 1. The van der Waals surface area contributed by atoms with Crippen LogP contribution < -0.4 is 14.2 Å². The van der Waals surface area contributed by atoms with Gasteiger partial charge in [-0.2, -0.15) is 0 Å². The summed E-state index contributed by atoms with van der Waals surface area (Å²) < 4.78 is 20.9. The van der Waals surface area contributed by atoms with Gasteiger partial charge >= 0.3 is 0 Å². The van der Waals surface area contributed by atoms with Crippen molar-refractivity contribution in [2.24, 2.45) is 0 Å². The standard InChI is InChI=1S/C23H25NO7/c1-28-12-11-24-20(14-5-7-15(29-2)8-6-14)19(22(26)23(24)27)21(25)17-10-9-16(30-3)13-18(17)31-4/h5-10,13,20,25H,11-12H2,1-4H3/b21-19-. The Kier molecular flexibility index (Phi) is 6.81. The third-order valence-corrected chi connectivity index (χ3v) is 5.17. The first-order valence-electron chi connectivity index (χ1n) is 9.60. The fourth-order valence-electron chi connectivity index (χ4n) is 3.57. The summed E-state index contributed by atoms with van der Waals surface area (Å²) >= 11 is 0. The number of aliphatic hydroxyl groups excluding tert-OH is 1. The van der Waals surface area contributed by atoms with Crippen molar-refractivity contribution in [3.63, 3.8) is 0 Å². The highest BCUT2D eigenvalue weighted by atomic mass is 16.5. The summed E-state index contributed by atoms with van der Waals surface area (Å²) in [4.78, 5) is 27.2. The molecule has 2 aromatic carbocycles. The summed E-state index contributed by atoms with van der Waals surface area (Å²) in [6.45, 7) is 0.430. The smallest absolute Gasteiger partial charge is 0.295 e. The third-order valence-electron chi connectivity index (χ3n) is 5.17. The van der Waals surface area contributed by atoms with E-state index in [4.69, 9.17) is 18.9 Å². The number of aliphatic hydroxyl groups is 1. The molecule has 1 heterocycles. The number of rotatable bonds is 8. The van der Waals surface area contributed by atoms with Gasteiger partial charge in [0.1, 0.15) is 23.0 Å². The molecule has 0 bridgehead atoms. The number of benzene rings is 2. The van der Waals surface area contributed by atoms with E-state index in [1.807, 2.05) is 0 Å². The molecule has 0 saturated carbocycles. The molecule has 1 fully saturated rings. The fourth-order valence-corrected chi connectivity index (χ4v) is 3.57. The lowest BCUT2D eigenvalue weighted by Gasteiger charge is -2.25. The Hall–Kier alpha value is -3.52. The lowest BCUT2D eigenvalue weighted by Crippen LogP contribution is -2.32. The van der Waals surface area contributed by atoms with Crippen molar-refractivity contribution in [1.82, 2.24) is 4.90 Å². The molecule has 1 amide bonds. The molecule has 0 aromatic heterocycles. The molecule has 3 rings (SSSR count). The van der Waals surface area contributed by atoms with Crippen LogP contribution in [0, 0.1) is 0 Å². The number of nitrogens with zero attached hydrogens (tertiary/aromatic N) is 1. The number of carbonyl (C=O) groups excluding carboxylic acids is 2. The Balaban J connectivity index is 2.18. The van der Waals surface area contributed by atoms with Gasteiger partial charge in [-0.15, -0.1) is 0 Å². The highest BCUT2D eigenvalue weighted by Gasteiger charge is 2.46. The van der Waals surface area contributed by atoms with E-state index in [0.29, 0.717) is 22.8 Å². The van der Waals surface area contributed by atoms with Crippen molar-refractivity contribution < 1.29 is 33.6 Å². The van der Waals surface area contributed by atoms with Gasteiger partial charge in [-0.25, -0.2) is 0 Å². The summed E-state index contributed by atoms with van der Waals surface area (Å²) in [6, 6.07) is 11.0. The summed E-state index contributed by atoms with van der Waals surface area (Å²) in [5.74, 6) is -0.318. The second kappa shape index (κ2) is 9.53. The number of methoxy groups -OCH3 is 4. The van der Waals surface area contributed by atoms with Crippen molar-refractivity contribution in [2.45, 2.75) is 6.04 Å². The van der Waals surface area contributed by atoms with Crippen LogP contribution in [0.5, 0.6) is 17.2 Å². The summed E-state index contributed by atoms with van der Waals surface area (Å²) in [7, 11) is 6.03. The lowest BCUT2D eigenvalue weighted by molar-refractivity contribution is -0.140. The highest BCUT2D eigenvalue weighted by molar-refractivity contribution is 6.46. The first-order chi connectivity index (χ1) is 15.0. The van der Waals surface area contributed by atoms with Crippen LogP contribution in [0.4, 0.5) is 0 Å². The Labute approximate surface area is 180 Å². The molecule has 1 atom stereocenters. The van der Waals surface area contributed by atoms with Crippen molar-refractivity contribution in [3.8, 4) is 17.2 Å². The molecule has 0 aliphatic carbocycles. The topological polar surface area (TPSA) is 94.5 Å². The van der Waals surface area contributed by atoms with Crippen molar-refractivity contribution in [3.05, 3.63) is 59.2 Å². The minimum atomic E-state index is -0.784. The van der Waals surface area contributed by atoms with Gasteiger partial charge in [0.05, 0.1) is 45.1 Å². The van der Waals surface area contributed by atoms with Crippen molar-refractivity contribution >= 4 is 17.4 Å². The van der Waals surface area contributed by atoms with Crippen LogP contribution in [0.25, 0.3) is 5.76 Å². The average Bonchev–Trinajstić information content (AvgIpc) is 3.06. The van der Waals surface area contributed by atoms with E-state index < -0.39 is 17.7 Å². The van der Waals surface area contributed by atoms with Gasteiger partial charge in [-0.3, -0.25) is 9.59 Å². The van der Waals surface area contributed by atoms with E-state index in [1.165, 1.54) is 26.2 Å². The summed E-state index contributed by atoms with van der Waals surface area (Å²) in [5, 5.41) is 11.2. The van der Waals surface area contributed by atoms with Crippen LogP contribution in [-0.2, 0) is 14.3 Å². The summed E-state index contributed by atoms with van der Waals surface area (Å²) in [6.07, 6.45) is 0. The molecule has 1 unspecified atom stereocenters. The van der Waals surface area contributed by atoms with Gasteiger partial charge in [0.2, 0.25) is 0 Å². The van der Waals surface area contributed by atoms with E-state index in [1.54, 1.807) is 49.6 Å². The van der Waals surface area contributed by atoms with Crippen molar-refractivity contribution in [2.75, 3.05) is 41.6 Å². The zero-order valence-corrected chi connectivity index (χ0v) is 17.9. The molecule has 31 heavy (non-hydrogen) atoms. The van der Waals surface area contributed by atoms with E-state index in [0.717, 1.165) is 0 Å². The van der Waals surface area contributed by atoms with Gasteiger partial charge in [-0.05, 0) is 29.8 Å². The molecule has 1 aliphatic heterocycles. The van der Waals surface area contributed by atoms with Gasteiger partial charge in [0, 0.05) is 19.7 Å². The van der Waals surface area contributed by atoms with Crippen LogP contribution >= 0.6 is 0 Å². The Morgan fingerprint density at radius 2 is 1.58 bits per heavy atom. The van der Waals surface area contributed by atoms with Crippen molar-refractivity contribution in [1.29, 1.82) is 0 Å². The molecule has 0 radical (unpaired) electrons. The zero-order chi connectivity index (χ0) is 22.5. The molecule has 2 aromatic rings. The fraction of sp³-hybridized carbons (Fsp3) is 0.304. The number of hydrogen-bond acceptors (Lipinski definition) is 7. The first kappa shape index (κ1) is 22.2. The number of ketones is 1. The number of likely N-dealkylation sites (tertiary alicyclic amines) is 1. The molecular formula is C23H25NO7. The largest absolute Gasteiger partial charge is 0.507 e. The Morgan fingerprint density at radius 1 is 0.935 bits per heavy atom. The molecule has 8 heteroatoms. The number of carbonyl (C=O) groups is 2. The van der Waals surface area contributed by atoms with Crippen LogP contribution in [-0.4, -0.2) is 63.3 Å². The summed E-state index contributed by atoms with van der Waals surface area (Å²) in [5.41, 5.74) is 0.923. The van der Waals surface area contributed by atoms with Gasteiger partial charge in [0.15, 0.2) is 0 Å². The Bertz CT molecular complexity index is 997. The first-order valence-corrected chi connectivity index (χ1v) is 9.60. The molecule has 164 valence electrons. The highest BCUT2D eigenvalue weighted by Crippen LogP contribution is 2.41. The van der Waals surface area contributed by atoms with Crippen LogP contribution in [0.1, 0.15) is 17.2 Å². The molecule has 0 spiro atoms. The number of amides is 1. The normalized spacial score (nSPS) is 17.7.